The maximum Gasteiger partial charge on any atom is 0.0512 e. The van der Waals surface area contributed by atoms with Crippen LogP contribution in [0.15, 0.2) is 24.8 Å². The van der Waals surface area contributed by atoms with Gasteiger partial charge in [-0.15, -0.1) is 6.58 Å². The molecule has 1 heterocycles. The summed E-state index contributed by atoms with van der Waals surface area (Å²) in [6.45, 7) is 7.68. The van der Waals surface area contributed by atoms with Gasteiger partial charge in [-0.05, 0) is 31.9 Å². The first kappa shape index (κ1) is 10.9. The average Bonchev–Trinajstić information content (AvgIpc) is 2.15. The van der Waals surface area contributed by atoms with E-state index >= 15 is 0 Å². The summed E-state index contributed by atoms with van der Waals surface area (Å²) in [6.07, 6.45) is 2.66. The molecule has 1 atom stereocenters. The van der Waals surface area contributed by atoms with Crippen LogP contribution in [0.1, 0.15) is 29.4 Å². The SMILES string of the molecule is C=CCC(NN)c1ccc(C)nc1C. The fourth-order valence-corrected chi connectivity index (χ4v) is 1.52. The summed E-state index contributed by atoms with van der Waals surface area (Å²) in [4.78, 5) is 4.39. The summed E-state index contributed by atoms with van der Waals surface area (Å²) >= 11 is 0. The zero-order valence-corrected chi connectivity index (χ0v) is 8.75. The molecule has 3 heteroatoms. The molecule has 1 aromatic heterocycles. The third-order valence-electron chi connectivity index (χ3n) is 2.24. The van der Waals surface area contributed by atoms with Gasteiger partial charge in [-0.1, -0.05) is 12.1 Å². The quantitative estimate of drug-likeness (QED) is 0.433. The largest absolute Gasteiger partial charge is 0.271 e. The minimum atomic E-state index is 0.112. The van der Waals surface area contributed by atoms with E-state index in [1.54, 1.807) is 0 Å². The number of hydrazine groups is 1. The van der Waals surface area contributed by atoms with Crippen molar-refractivity contribution in [2.75, 3.05) is 0 Å². The minimum Gasteiger partial charge on any atom is -0.271 e. The Morgan fingerprint density at radius 1 is 1.57 bits per heavy atom. The molecule has 0 aliphatic rings. The summed E-state index contributed by atoms with van der Waals surface area (Å²) in [5, 5.41) is 0. The Kier molecular flexibility index (Phi) is 3.80. The summed E-state index contributed by atoms with van der Waals surface area (Å²) in [5.41, 5.74) is 5.96. The van der Waals surface area contributed by atoms with Crippen LogP contribution in [-0.4, -0.2) is 4.98 Å². The third kappa shape index (κ3) is 2.40. The summed E-state index contributed by atoms with van der Waals surface area (Å²) in [7, 11) is 0. The van der Waals surface area contributed by atoms with Gasteiger partial charge in [-0.2, -0.15) is 0 Å². The van der Waals surface area contributed by atoms with Crippen LogP contribution in [0.25, 0.3) is 0 Å². The van der Waals surface area contributed by atoms with E-state index in [4.69, 9.17) is 5.84 Å². The summed E-state index contributed by atoms with van der Waals surface area (Å²) < 4.78 is 0. The minimum absolute atomic E-state index is 0.112. The Hall–Kier alpha value is -1.19. The van der Waals surface area contributed by atoms with Crippen LogP contribution in [0.2, 0.25) is 0 Å². The predicted octanol–water partition coefficient (Wildman–Crippen LogP) is 1.78. The molecule has 0 aliphatic heterocycles. The van der Waals surface area contributed by atoms with E-state index in [0.29, 0.717) is 0 Å². The van der Waals surface area contributed by atoms with Crippen LogP contribution < -0.4 is 11.3 Å². The number of nitrogens with one attached hydrogen (secondary N) is 1. The van der Waals surface area contributed by atoms with E-state index in [0.717, 1.165) is 23.4 Å². The number of nitrogens with two attached hydrogens (primary N) is 1. The van der Waals surface area contributed by atoms with E-state index in [1.807, 2.05) is 26.0 Å². The number of nitrogens with zero attached hydrogens (tertiary/aromatic N) is 1. The highest BCUT2D eigenvalue weighted by molar-refractivity contribution is 5.25. The van der Waals surface area contributed by atoms with Gasteiger partial charge in [0.15, 0.2) is 0 Å². The molecule has 1 aromatic rings. The van der Waals surface area contributed by atoms with Gasteiger partial charge in [0.25, 0.3) is 0 Å². The van der Waals surface area contributed by atoms with Gasteiger partial charge in [0.05, 0.1) is 6.04 Å². The Morgan fingerprint density at radius 3 is 2.79 bits per heavy atom. The Balaban J connectivity index is 2.97. The molecular formula is C11H17N3. The van der Waals surface area contributed by atoms with Crippen molar-refractivity contribution >= 4 is 0 Å². The summed E-state index contributed by atoms with van der Waals surface area (Å²) in [5.74, 6) is 5.47. The molecule has 0 radical (unpaired) electrons. The number of hydrogen-bond donors (Lipinski definition) is 2. The molecule has 0 amide bonds. The maximum atomic E-state index is 5.47. The van der Waals surface area contributed by atoms with E-state index < -0.39 is 0 Å². The van der Waals surface area contributed by atoms with E-state index in [2.05, 4.69) is 23.1 Å². The Morgan fingerprint density at radius 2 is 2.29 bits per heavy atom. The molecule has 0 bridgehead atoms. The average molecular weight is 191 g/mol. The molecule has 0 spiro atoms. The van der Waals surface area contributed by atoms with Crippen LogP contribution in [0, 0.1) is 13.8 Å². The van der Waals surface area contributed by atoms with Crippen LogP contribution in [0.3, 0.4) is 0 Å². The fourth-order valence-electron chi connectivity index (χ4n) is 1.52. The molecule has 3 nitrogen and oxygen atoms in total. The molecule has 0 fully saturated rings. The van der Waals surface area contributed by atoms with Gasteiger partial charge < -0.3 is 0 Å². The first-order chi connectivity index (χ1) is 6.69. The van der Waals surface area contributed by atoms with Crippen molar-refractivity contribution in [2.24, 2.45) is 5.84 Å². The molecule has 3 N–H and O–H groups in total. The second-order valence-electron chi connectivity index (χ2n) is 3.37. The topological polar surface area (TPSA) is 50.9 Å². The van der Waals surface area contributed by atoms with Crippen molar-refractivity contribution in [1.82, 2.24) is 10.4 Å². The molecule has 0 aromatic carbocycles. The number of hydrogen-bond acceptors (Lipinski definition) is 3. The molecule has 14 heavy (non-hydrogen) atoms. The highest BCUT2D eigenvalue weighted by Crippen LogP contribution is 2.19. The second kappa shape index (κ2) is 4.88. The lowest BCUT2D eigenvalue weighted by Crippen LogP contribution is -2.28. The van der Waals surface area contributed by atoms with E-state index in [9.17, 15) is 0 Å². The smallest absolute Gasteiger partial charge is 0.0512 e. The van der Waals surface area contributed by atoms with E-state index in [-0.39, 0.29) is 6.04 Å². The normalized spacial score (nSPS) is 12.5. The van der Waals surface area contributed by atoms with Crippen LogP contribution in [0.4, 0.5) is 0 Å². The van der Waals surface area contributed by atoms with Crippen molar-refractivity contribution in [1.29, 1.82) is 0 Å². The van der Waals surface area contributed by atoms with Gasteiger partial charge in [0.1, 0.15) is 0 Å². The van der Waals surface area contributed by atoms with Gasteiger partial charge >= 0.3 is 0 Å². The highest BCUT2D eigenvalue weighted by Gasteiger charge is 2.10. The van der Waals surface area contributed by atoms with Crippen molar-refractivity contribution in [2.45, 2.75) is 26.3 Å². The van der Waals surface area contributed by atoms with Crippen molar-refractivity contribution in [3.63, 3.8) is 0 Å². The third-order valence-corrected chi connectivity index (χ3v) is 2.24. The van der Waals surface area contributed by atoms with E-state index in [1.165, 1.54) is 0 Å². The zero-order chi connectivity index (χ0) is 10.6. The predicted molar refractivity (Wildman–Crippen MR) is 58.6 cm³/mol. The van der Waals surface area contributed by atoms with Gasteiger partial charge in [-0.25, -0.2) is 0 Å². The fraction of sp³-hybridized carbons (Fsp3) is 0.364. The molecule has 0 saturated carbocycles. The first-order valence-corrected chi connectivity index (χ1v) is 4.70. The van der Waals surface area contributed by atoms with Crippen LogP contribution in [0.5, 0.6) is 0 Å². The molecule has 1 unspecified atom stereocenters. The van der Waals surface area contributed by atoms with Gasteiger partial charge in [0, 0.05) is 11.4 Å². The maximum absolute atomic E-state index is 5.47. The molecular weight excluding hydrogens is 174 g/mol. The lowest BCUT2D eigenvalue weighted by Gasteiger charge is -2.16. The number of pyridine rings is 1. The standard InChI is InChI=1S/C11H17N3/c1-4-5-11(14-12)10-7-6-8(2)13-9(10)3/h4,6-7,11,14H,1,5,12H2,2-3H3. The van der Waals surface area contributed by atoms with Crippen LogP contribution in [-0.2, 0) is 0 Å². The summed E-state index contributed by atoms with van der Waals surface area (Å²) in [6, 6.07) is 4.17. The van der Waals surface area contributed by atoms with Crippen LogP contribution >= 0.6 is 0 Å². The second-order valence-corrected chi connectivity index (χ2v) is 3.37. The van der Waals surface area contributed by atoms with Crippen molar-refractivity contribution in [3.8, 4) is 0 Å². The van der Waals surface area contributed by atoms with Gasteiger partial charge in [-0.3, -0.25) is 16.3 Å². The first-order valence-electron chi connectivity index (χ1n) is 4.70. The zero-order valence-electron chi connectivity index (χ0n) is 8.75. The Bertz CT molecular complexity index is 320. The molecule has 76 valence electrons. The Labute approximate surface area is 85.0 Å². The van der Waals surface area contributed by atoms with Crippen molar-refractivity contribution in [3.05, 3.63) is 41.7 Å². The lowest BCUT2D eigenvalue weighted by molar-refractivity contribution is 0.556. The molecule has 0 saturated heterocycles. The molecule has 1 rings (SSSR count). The number of aromatic nitrogens is 1. The monoisotopic (exact) mass is 191 g/mol. The lowest BCUT2D eigenvalue weighted by atomic mass is 10.0. The van der Waals surface area contributed by atoms with Gasteiger partial charge in [0.2, 0.25) is 0 Å². The van der Waals surface area contributed by atoms with Crippen molar-refractivity contribution < 1.29 is 0 Å². The number of rotatable bonds is 4. The highest BCUT2D eigenvalue weighted by atomic mass is 15.2. The number of aryl methyl sites for hydroxylation is 2. The molecule has 0 aliphatic carbocycles.